The lowest BCUT2D eigenvalue weighted by Crippen LogP contribution is -1.89. The number of aromatic nitrogens is 1. The molecule has 0 saturated carbocycles. The molecular formula is C7H11NO2S. The Morgan fingerprint density at radius 3 is 2.82 bits per heavy atom. The van der Waals surface area contributed by atoms with E-state index in [-0.39, 0.29) is 6.61 Å². The van der Waals surface area contributed by atoms with Crippen LogP contribution in [0.15, 0.2) is 0 Å². The summed E-state index contributed by atoms with van der Waals surface area (Å²) in [6.45, 7) is 4.45. The lowest BCUT2D eigenvalue weighted by Gasteiger charge is -1.92. The topological polar surface area (TPSA) is 42.4 Å². The third kappa shape index (κ3) is 1.91. The molecule has 1 aromatic heterocycles. The number of hydrogen-bond acceptors (Lipinski definition) is 4. The van der Waals surface area contributed by atoms with Gasteiger partial charge >= 0.3 is 0 Å². The van der Waals surface area contributed by atoms with E-state index >= 15 is 0 Å². The van der Waals surface area contributed by atoms with Gasteiger partial charge in [-0.25, -0.2) is 4.98 Å². The van der Waals surface area contributed by atoms with Crippen LogP contribution in [0.4, 0.5) is 0 Å². The Morgan fingerprint density at radius 2 is 2.36 bits per heavy atom. The number of hydrogen-bond donors (Lipinski definition) is 1. The Labute approximate surface area is 69.7 Å². The van der Waals surface area contributed by atoms with Crippen molar-refractivity contribution in [2.45, 2.75) is 20.5 Å². The van der Waals surface area contributed by atoms with Crippen LogP contribution in [0.5, 0.6) is 5.19 Å². The zero-order valence-electron chi connectivity index (χ0n) is 6.63. The number of rotatable bonds is 3. The number of aryl methyl sites for hydroxylation is 1. The predicted molar refractivity (Wildman–Crippen MR) is 43.9 cm³/mol. The highest BCUT2D eigenvalue weighted by atomic mass is 32.1. The van der Waals surface area contributed by atoms with Gasteiger partial charge in [0.1, 0.15) is 0 Å². The van der Waals surface area contributed by atoms with Crippen molar-refractivity contribution in [2.75, 3.05) is 6.61 Å². The van der Waals surface area contributed by atoms with Crippen LogP contribution in [0.3, 0.4) is 0 Å². The molecule has 1 heterocycles. The molecule has 11 heavy (non-hydrogen) atoms. The van der Waals surface area contributed by atoms with E-state index in [9.17, 15) is 0 Å². The zero-order chi connectivity index (χ0) is 8.27. The molecule has 0 bridgehead atoms. The summed E-state index contributed by atoms with van der Waals surface area (Å²) in [5.74, 6) is 0. The molecule has 0 radical (unpaired) electrons. The van der Waals surface area contributed by atoms with Crippen molar-refractivity contribution in [3.05, 3.63) is 10.6 Å². The molecule has 0 aliphatic heterocycles. The van der Waals surface area contributed by atoms with Gasteiger partial charge in [-0.3, -0.25) is 0 Å². The van der Waals surface area contributed by atoms with Crippen molar-refractivity contribution in [1.29, 1.82) is 0 Å². The van der Waals surface area contributed by atoms with Crippen molar-refractivity contribution < 1.29 is 9.84 Å². The average Bonchev–Trinajstić information content (AvgIpc) is 2.32. The van der Waals surface area contributed by atoms with Crippen molar-refractivity contribution in [3.8, 4) is 5.19 Å². The normalized spacial score (nSPS) is 10.1. The lowest BCUT2D eigenvalue weighted by molar-refractivity contribution is 0.284. The van der Waals surface area contributed by atoms with E-state index in [1.165, 1.54) is 11.3 Å². The van der Waals surface area contributed by atoms with Crippen LogP contribution in [-0.4, -0.2) is 16.7 Å². The maximum absolute atomic E-state index is 8.81. The van der Waals surface area contributed by atoms with Crippen LogP contribution < -0.4 is 4.74 Å². The highest BCUT2D eigenvalue weighted by Gasteiger charge is 2.05. The molecule has 1 aromatic rings. The van der Waals surface area contributed by atoms with Crippen LogP contribution in [-0.2, 0) is 6.61 Å². The number of aliphatic hydroxyl groups excluding tert-OH is 1. The van der Waals surface area contributed by atoms with Crippen molar-refractivity contribution in [3.63, 3.8) is 0 Å². The average molecular weight is 173 g/mol. The Morgan fingerprint density at radius 1 is 1.64 bits per heavy atom. The highest BCUT2D eigenvalue weighted by molar-refractivity contribution is 7.13. The zero-order valence-corrected chi connectivity index (χ0v) is 7.44. The summed E-state index contributed by atoms with van der Waals surface area (Å²) in [6.07, 6.45) is 0. The van der Waals surface area contributed by atoms with Gasteiger partial charge in [0, 0.05) is 0 Å². The summed E-state index contributed by atoms with van der Waals surface area (Å²) in [4.78, 5) is 4.99. The molecule has 1 rings (SSSR count). The van der Waals surface area contributed by atoms with E-state index in [1.54, 1.807) is 0 Å². The number of thiazole rings is 1. The molecule has 3 nitrogen and oxygen atoms in total. The van der Waals surface area contributed by atoms with Crippen LogP contribution in [0, 0.1) is 6.92 Å². The maximum Gasteiger partial charge on any atom is 0.273 e. The smallest absolute Gasteiger partial charge is 0.273 e. The van der Waals surface area contributed by atoms with Crippen molar-refractivity contribution >= 4 is 11.3 Å². The molecule has 0 atom stereocenters. The van der Waals surface area contributed by atoms with Gasteiger partial charge in [-0.1, -0.05) is 11.3 Å². The largest absolute Gasteiger partial charge is 0.470 e. The minimum atomic E-state index is 0.0522. The maximum atomic E-state index is 8.81. The van der Waals surface area contributed by atoms with Crippen molar-refractivity contribution in [2.24, 2.45) is 0 Å². The lowest BCUT2D eigenvalue weighted by atomic mass is 10.4. The van der Waals surface area contributed by atoms with Gasteiger partial charge in [0.2, 0.25) is 0 Å². The van der Waals surface area contributed by atoms with Crippen molar-refractivity contribution in [1.82, 2.24) is 4.98 Å². The summed E-state index contributed by atoms with van der Waals surface area (Å²) in [7, 11) is 0. The fraction of sp³-hybridized carbons (Fsp3) is 0.571. The molecule has 4 heteroatoms. The van der Waals surface area contributed by atoms with Gasteiger partial charge in [0.05, 0.1) is 23.8 Å². The van der Waals surface area contributed by atoms with E-state index in [4.69, 9.17) is 9.84 Å². The van der Waals surface area contributed by atoms with Crippen LogP contribution >= 0.6 is 11.3 Å². The van der Waals surface area contributed by atoms with E-state index in [1.807, 2.05) is 13.8 Å². The molecule has 0 aliphatic carbocycles. The molecule has 1 N–H and O–H groups in total. The van der Waals surface area contributed by atoms with E-state index in [0.29, 0.717) is 11.8 Å². The first-order valence-corrected chi connectivity index (χ1v) is 4.29. The van der Waals surface area contributed by atoms with Gasteiger partial charge < -0.3 is 9.84 Å². The molecule has 0 fully saturated rings. The number of aliphatic hydroxyl groups is 1. The number of ether oxygens (including phenoxy) is 1. The molecule has 62 valence electrons. The number of nitrogens with zero attached hydrogens (tertiary/aromatic N) is 1. The Balaban J connectivity index is 2.77. The summed E-state index contributed by atoms with van der Waals surface area (Å²) in [6, 6.07) is 0. The van der Waals surface area contributed by atoms with E-state index < -0.39 is 0 Å². The quantitative estimate of drug-likeness (QED) is 0.750. The Hall–Kier alpha value is -0.610. The third-order valence-electron chi connectivity index (χ3n) is 1.28. The van der Waals surface area contributed by atoms with Gasteiger partial charge in [0.25, 0.3) is 5.19 Å². The second-order valence-corrected chi connectivity index (χ2v) is 3.13. The Kier molecular flexibility index (Phi) is 2.84. The summed E-state index contributed by atoms with van der Waals surface area (Å²) in [5, 5.41) is 9.46. The fourth-order valence-corrected chi connectivity index (χ4v) is 1.56. The third-order valence-corrected chi connectivity index (χ3v) is 2.34. The Bertz CT molecular complexity index is 234. The first kappa shape index (κ1) is 8.49. The monoisotopic (exact) mass is 173 g/mol. The molecule has 0 amide bonds. The summed E-state index contributed by atoms with van der Waals surface area (Å²) >= 11 is 1.40. The molecular weight excluding hydrogens is 162 g/mol. The van der Waals surface area contributed by atoms with Crippen LogP contribution in [0.25, 0.3) is 0 Å². The molecule has 0 aliphatic rings. The fourth-order valence-electron chi connectivity index (χ4n) is 0.733. The second kappa shape index (κ2) is 3.69. The summed E-state index contributed by atoms with van der Waals surface area (Å²) < 4.78 is 5.17. The van der Waals surface area contributed by atoms with Crippen LogP contribution in [0.2, 0.25) is 0 Å². The van der Waals surface area contributed by atoms with Gasteiger partial charge in [-0.05, 0) is 13.8 Å². The van der Waals surface area contributed by atoms with Crippen LogP contribution in [0.1, 0.15) is 17.5 Å². The van der Waals surface area contributed by atoms with Gasteiger partial charge in [0.15, 0.2) is 0 Å². The van der Waals surface area contributed by atoms with Gasteiger partial charge in [-0.2, -0.15) is 0 Å². The molecule has 0 spiro atoms. The van der Waals surface area contributed by atoms with E-state index in [2.05, 4.69) is 4.98 Å². The minimum absolute atomic E-state index is 0.0522. The first-order chi connectivity index (χ1) is 5.27. The highest BCUT2D eigenvalue weighted by Crippen LogP contribution is 2.24. The standard InChI is InChI=1S/C7H11NO2S/c1-3-10-7-8-5(2)6(4-9)11-7/h9H,3-4H2,1-2H3. The van der Waals surface area contributed by atoms with E-state index in [0.717, 1.165) is 10.6 Å². The molecule has 0 aromatic carbocycles. The predicted octanol–water partition coefficient (Wildman–Crippen LogP) is 1.34. The second-order valence-electron chi connectivity index (χ2n) is 2.08. The van der Waals surface area contributed by atoms with Gasteiger partial charge in [-0.15, -0.1) is 0 Å². The minimum Gasteiger partial charge on any atom is -0.470 e. The first-order valence-electron chi connectivity index (χ1n) is 3.48. The molecule has 0 saturated heterocycles. The SMILES string of the molecule is CCOc1nc(C)c(CO)s1. The summed E-state index contributed by atoms with van der Waals surface area (Å²) in [5.41, 5.74) is 0.862. The molecule has 0 unspecified atom stereocenters.